The minimum Gasteiger partial charge on any atom is -0.454 e. The summed E-state index contributed by atoms with van der Waals surface area (Å²) in [6.07, 6.45) is 5.19. The van der Waals surface area contributed by atoms with Crippen LogP contribution in [0.15, 0.2) is 48.5 Å². The summed E-state index contributed by atoms with van der Waals surface area (Å²) in [5.74, 6) is -0.856. The second kappa shape index (κ2) is 12.0. The van der Waals surface area contributed by atoms with Crippen molar-refractivity contribution in [3.63, 3.8) is 0 Å². The van der Waals surface area contributed by atoms with Gasteiger partial charge in [-0.05, 0) is 44.0 Å². The maximum atomic E-state index is 13.3. The van der Waals surface area contributed by atoms with Crippen molar-refractivity contribution in [2.45, 2.75) is 51.1 Å². The summed E-state index contributed by atoms with van der Waals surface area (Å²) >= 11 is 0. The van der Waals surface area contributed by atoms with E-state index in [1.54, 1.807) is 49.4 Å². The Morgan fingerprint density at radius 1 is 1.00 bits per heavy atom. The third-order valence-corrected chi connectivity index (χ3v) is 7.41. The number of anilines is 2. The minimum atomic E-state index is -1.77. The molecule has 1 heterocycles. The summed E-state index contributed by atoms with van der Waals surface area (Å²) in [5.41, 5.74) is 1.02. The molecule has 1 aliphatic heterocycles. The quantitative estimate of drug-likeness (QED) is 0.533. The number of benzene rings is 2. The fourth-order valence-electron chi connectivity index (χ4n) is 4.43. The summed E-state index contributed by atoms with van der Waals surface area (Å²) in [7, 11) is -1.77. The van der Waals surface area contributed by atoms with Crippen molar-refractivity contribution in [3.05, 3.63) is 48.5 Å². The number of para-hydroxylation sites is 1. The predicted octanol–water partition coefficient (Wildman–Crippen LogP) is 2.97. The van der Waals surface area contributed by atoms with E-state index in [0.29, 0.717) is 22.9 Å². The Labute approximate surface area is 213 Å². The van der Waals surface area contributed by atoms with Gasteiger partial charge in [-0.3, -0.25) is 23.5 Å². The van der Waals surface area contributed by atoms with E-state index >= 15 is 0 Å². The second-order valence-electron chi connectivity index (χ2n) is 8.96. The summed E-state index contributed by atoms with van der Waals surface area (Å²) in [6, 6.07) is 13.1. The van der Waals surface area contributed by atoms with E-state index < -0.39 is 28.7 Å². The Morgan fingerprint density at radius 3 is 2.47 bits per heavy atom. The van der Waals surface area contributed by atoms with E-state index in [0.717, 1.165) is 25.7 Å². The maximum Gasteiger partial charge on any atom is 0.243 e. The first kappa shape index (κ1) is 25.7. The van der Waals surface area contributed by atoms with Gasteiger partial charge in [0.25, 0.3) is 0 Å². The normalized spacial score (nSPS) is 16.6. The number of fused-ring (bicyclic) bond motifs is 1. The van der Waals surface area contributed by atoms with Crippen LogP contribution in [0.4, 0.5) is 11.4 Å². The third-order valence-electron chi connectivity index (χ3n) is 6.25. The number of rotatable bonds is 9. The molecule has 0 radical (unpaired) electrons. The number of carbonyl (C=O) groups excluding carboxylic acids is 3. The van der Waals surface area contributed by atoms with E-state index in [9.17, 15) is 18.6 Å². The van der Waals surface area contributed by atoms with Gasteiger partial charge in [0.1, 0.15) is 17.5 Å². The standard InChI is InChI=1S/C26H31N3O6S/c1-18(26(32)28-19-8-4-2-5-9-19)29(21-10-6-3-7-11-21)25(31)16-36(33)15-24(30)27-20-12-13-22-23(14-20)35-17-34-22/h3,6-7,10-14,18-19H,2,4-5,8-9,15-17H2,1H3,(H,27,30)(H,28,32)/t18-,36-/m1/s1. The highest BCUT2D eigenvalue weighted by atomic mass is 32.2. The first-order valence-electron chi connectivity index (χ1n) is 12.1. The zero-order valence-corrected chi connectivity index (χ0v) is 21.1. The molecule has 4 rings (SSSR count). The van der Waals surface area contributed by atoms with Crippen molar-refractivity contribution in [1.82, 2.24) is 5.32 Å². The lowest BCUT2D eigenvalue weighted by atomic mass is 9.95. The number of hydrogen-bond donors (Lipinski definition) is 2. The Morgan fingerprint density at radius 2 is 1.72 bits per heavy atom. The zero-order valence-electron chi connectivity index (χ0n) is 20.2. The number of carbonyl (C=O) groups is 3. The van der Waals surface area contributed by atoms with Crippen LogP contribution in [0.25, 0.3) is 0 Å². The Bertz CT molecular complexity index is 1120. The van der Waals surface area contributed by atoms with Crippen LogP contribution >= 0.6 is 0 Å². The molecule has 0 bridgehead atoms. The molecule has 2 atom stereocenters. The van der Waals surface area contributed by atoms with Crippen molar-refractivity contribution >= 4 is 39.9 Å². The molecule has 0 saturated heterocycles. The van der Waals surface area contributed by atoms with Gasteiger partial charge >= 0.3 is 0 Å². The Kier molecular flexibility index (Phi) is 8.58. The lowest BCUT2D eigenvalue weighted by molar-refractivity contribution is -0.126. The van der Waals surface area contributed by atoms with Crippen LogP contribution < -0.4 is 25.0 Å². The molecule has 2 aromatic carbocycles. The lowest BCUT2D eigenvalue weighted by Crippen LogP contribution is -2.52. The molecule has 10 heteroatoms. The summed E-state index contributed by atoms with van der Waals surface area (Å²) < 4.78 is 23.3. The van der Waals surface area contributed by atoms with Crippen LogP contribution in [0.3, 0.4) is 0 Å². The van der Waals surface area contributed by atoms with Gasteiger partial charge in [-0.25, -0.2) is 0 Å². The van der Waals surface area contributed by atoms with Gasteiger partial charge in [0.15, 0.2) is 11.5 Å². The summed E-state index contributed by atoms with van der Waals surface area (Å²) in [4.78, 5) is 40.1. The van der Waals surface area contributed by atoms with Crippen molar-refractivity contribution < 1.29 is 28.1 Å². The third kappa shape index (κ3) is 6.63. The molecule has 2 N–H and O–H groups in total. The number of nitrogens with zero attached hydrogens (tertiary/aromatic N) is 1. The van der Waals surface area contributed by atoms with Gasteiger partial charge in [0, 0.05) is 34.3 Å². The van der Waals surface area contributed by atoms with E-state index in [-0.39, 0.29) is 30.2 Å². The maximum absolute atomic E-state index is 13.3. The summed E-state index contributed by atoms with van der Waals surface area (Å²) in [6.45, 7) is 1.78. The van der Waals surface area contributed by atoms with Crippen LogP contribution in [0.2, 0.25) is 0 Å². The molecular formula is C26H31N3O6S. The van der Waals surface area contributed by atoms with Gasteiger partial charge in [0.2, 0.25) is 24.5 Å². The van der Waals surface area contributed by atoms with Crippen molar-refractivity contribution in [2.24, 2.45) is 0 Å². The second-order valence-corrected chi connectivity index (χ2v) is 10.4. The Balaban J connectivity index is 1.37. The highest BCUT2D eigenvalue weighted by Gasteiger charge is 2.30. The molecule has 3 amide bonds. The molecule has 9 nitrogen and oxygen atoms in total. The van der Waals surface area contributed by atoms with Crippen LogP contribution in [-0.4, -0.2) is 52.3 Å². The Hall–Kier alpha value is -3.40. The molecule has 36 heavy (non-hydrogen) atoms. The molecule has 0 spiro atoms. The first-order chi connectivity index (χ1) is 17.4. The average Bonchev–Trinajstić information content (AvgIpc) is 3.33. The highest BCUT2D eigenvalue weighted by molar-refractivity contribution is 7.86. The minimum absolute atomic E-state index is 0.107. The molecule has 1 saturated carbocycles. The predicted molar refractivity (Wildman–Crippen MR) is 137 cm³/mol. The van der Waals surface area contributed by atoms with Crippen LogP contribution in [0.5, 0.6) is 11.5 Å². The largest absolute Gasteiger partial charge is 0.454 e. The number of hydrogen-bond acceptors (Lipinski definition) is 6. The van der Waals surface area contributed by atoms with Gasteiger partial charge in [-0.1, -0.05) is 37.5 Å². The number of ether oxygens (including phenoxy) is 2. The molecule has 1 aliphatic carbocycles. The van der Waals surface area contributed by atoms with E-state index in [1.807, 2.05) is 6.07 Å². The van der Waals surface area contributed by atoms with Crippen molar-refractivity contribution in [3.8, 4) is 11.5 Å². The van der Waals surface area contributed by atoms with Crippen LogP contribution in [-0.2, 0) is 25.2 Å². The van der Waals surface area contributed by atoms with Crippen molar-refractivity contribution in [2.75, 3.05) is 28.5 Å². The monoisotopic (exact) mass is 513 g/mol. The summed E-state index contributed by atoms with van der Waals surface area (Å²) in [5, 5.41) is 5.73. The van der Waals surface area contributed by atoms with E-state index in [1.165, 1.54) is 11.3 Å². The number of amides is 3. The molecule has 0 unspecified atom stereocenters. The lowest BCUT2D eigenvalue weighted by Gasteiger charge is -2.31. The average molecular weight is 514 g/mol. The molecule has 2 aliphatic rings. The van der Waals surface area contributed by atoms with Gasteiger partial charge in [-0.15, -0.1) is 0 Å². The fourth-order valence-corrected chi connectivity index (χ4v) is 5.32. The molecule has 2 aromatic rings. The van der Waals surface area contributed by atoms with Gasteiger partial charge < -0.3 is 20.1 Å². The molecule has 0 aromatic heterocycles. The topological polar surface area (TPSA) is 114 Å². The smallest absolute Gasteiger partial charge is 0.243 e. The van der Waals surface area contributed by atoms with Gasteiger partial charge in [0.05, 0.1) is 0 Å². The van der Waals surface area contributed by atoms with Crippen LogP contribution in [0.1, 0.15) is 39.0 Å². The molecular weight excluding hydrogens is 482 g/mol. The first-order valence-corrected chi connectivity index (χ1v) is 13.6. The van der Waals surface area contributed by atoms with Crippen molar-refractivity contribution in [1.29, 1.82) is 0 Å². The van der Waals surface area contributed by atoms with Gasteiger partial charge in [-0.2, -0.15) is 0 Å². The zero-order chi connectivity index (χ0) is 25.5. The molecule has 1 fully saturated rings. The highest BCUT2D eigenvalue weighted by Crippen LogP contribution is 2.34. The fraction of sp³-hybridized carbons (Fsp3) is 0.423. The van der Waals surface area contributed by atoms with E-state index in [4.69, 9.17) is 9.47 Å². The number of nitrogens with one attached hydrogen (secondary N) is 2. The van der Waals surface area contributed by atoms with Crippen LogP contribution in [0, 0.1) is 0 Å². The van der Waals surface area contributed by atoms with E-state index in [2.05, 4.69) is 10.6 Å². The SMILES string of the molecule is C[C@H](C(=O)NC1CCCCC1)N(C(=O)C[S@](=O)CC(=O)Nc1ccc2c(c1)OCO2)c1ccccc1. The molecule has 192 valence electrons.